The summed E-state index contributed by atoms with van der Waals surface area (Å²) < 4.78 is 18.6. The summed E-state index contributed by atoms with van der Waals surface area (Å²) in [5, 5.41) is 0. The minimum atomic E-state index is -1.01. The number of rotatable bonds is 25. The Morgan fingerprint density at radius 3 is 1.12 bits per heavy atom. The van der Waals surface area contributed by atoms with Crippen molar-refractivity contribution in [1.82, 2.24) is 0 Å². The first kappa shape index (κ1) is 32.1. The van der Waals surface area contributed by atoms with E-state index in [4.69, 9.17) is 14.2 Å². The van der Waals surface area contributed by atoms with Crippen molar-refractivity contribution in [3.05, 3.63) is 0 Å². The highest BCUT2D eigenvalue weighted by Crippen LogP contribution is 2.32. The van der Waals surface area contributed by atoms with Gasteiger partial charge in [0, 0.05) is 31.6 Å². The Labute approximate surface area is 205 Å². The van der Waals surface area contributed by atoms with E-state index in [1.165, 1.54) is 103 Å². The van der Waals surface area contributed by atoms with E-state index in [0.29, 0.717) is 0 Å². The maximum absolute atomic E-state index is 5.96. The third kappa shape index (κ3) is 12.5. The lowest BCUT2D eigenvalue weighted by Gasteiger charge is -2.48. The summed E-state index contributed by atoms with van der Waals surface area (Å²) in [6.07, 6.45) is 21.4. The summed E-state index contributed by atoms with van der Waals surface area (Å²) in [5.74, 6) is 0. The molecule has 0 aromatic heterocycles. The van der Waals surface area contributed by atoms with Crippen molar-refractivity contribution in [1.29, 1.82) is 0 Å². The van der Waals surface area contributed by atoms with Crippen molar-refractivity contribution in [2.45, 2.75) is 135 Å². The Morgan fingerprint density at radius 1 is 0.500 bits per heavy atom. The molecule has 0 heterocycles. The Morgan fingerprint density at radius 2 is 0.812 bits per heavy atom. The summed E-state index contributed by atoms with van der Waals surface area (Å²) in [4.78, 5) is 0. The highest BCUT2D eigenvalue weighted by Gasteiger charge is 2.53. The van der Waals surface area contributed by atoms with Crippen LogP contribution in [0.4, 0.5) is 0 Å². The summed E-state index contributed by atoms with van der Waals surface area (Å²) >= 11 is 0. The molecule has 0 aromatic carbocycles. The number of ether oxygens (including phenoxy) is 3. The summed E-state index contributed by atoms with van der Waals surface area (Å²) in [5.41, 5.74) is 0. The van der Waals surface area contributed by atoms with Gasteiger partial charge in [0.1, 0.15) is 0 Å². The van der Waals surface area contributed by atoms with Crippen LogP contribution in [0.1, 0.15) is 123 Å². The molecule has 0 N–H and O–H groups in total. The maximum atomic E-state index is 5.96. The molecule has 0 bridgehead atoms. The van der Waals surface area contributed by atoms with Gasteiger partial charge in [-0.2, -0.15) is 0 Å². The van der Waals surface area contributed by atoms with E-state index in [9.17, 15) is 0 Å². The first-order valence-corrected chi connectivity index (χ1v) is 14.5. The second-order valence-corrected chi connectivity index (χ2v) is 10.0. The van der Waals surface area contributed by atoms with Gasteiger partial charge in [-0.1, -0.05) is 96.9 Å². The predicted octanol–water partition coefficient (Wildman–Crippen LogP) is 7.61. The molecule has 191 valence electrons. The zero-order valence-corrected chi connectivity index (χ0v) is 23.5. The third-order valence-electron chi connectivity index (χ3n) is 7.00. The first-order chi connectivity index (χ1) is 15.6. The number of unbranched alkanes of at least 4 members (excludes halogenated alkanes) is 14. The van der Waals surface area contributed by atoms with Gasteiger partial charge >= 0.3 is 6.10 Å². The van der Waals surface area contributed by atoms with Crippen molar-refractivity contribution in [3.8, 4) is 0 Å². The second-order valence-electron chi connectivity index (χ2n) is 9.51. The normalized spacial score (nSPS) is 12.6. The van der Waals surface area contributed by atoms with E-state index in [0.717, 1.165) is 36.6 Å². The van der Waals surface area contributed by atoms with Gasteiger partial charge < -0.3 is 0 Å². The maximum Gasteiger partial charge on any atom is 0.448 e. The molecule has 0 unspecified atom stereocenters. The Kier molecular flexibility index (Phi) is 21.6. The fraction of sp³-hybridized carbons (Fsp3) is 1.00. The van der Waals surface area contributed by atoms with Crippen LogP contribution >= 0.6 is 0 Å². The summed E-state index contributed by atoms with van der Waals surface area (Å²) in [7, 11) is 8.89. The van der Waals surface area contributed by atoms with Crippen molar-refractivity contribution in [2.24, 2.45) is 0 Å². The lowest BCUT2D eigenvalue weighted by atomic mass is 10.1. The van der Waals surface area contributed by atoms with Gasteiger partial charge in [0.15, 0.2) is 0 Å². The van der Waals surface area contributed by atoms with Crippen LogP contribution in [0.25, 0.3) is 0 Å². The summed E-state index contributed by atoms with van der Waals surface area (Å²) in [6, 6.07) is 0.988. The van der Waals surface area contributed by atoms with Crippen molar-refractivity contribution < 1.29 is 18.7 Å². The van der Waals surface area contributed by atoms with E-state index in [2.05, 4.69) is 24.1 Å². The molecular weight excluding hydrogens is 414 g/mol. The van der Waals surface area contributed by atoms with Crippen molar-refractivity contribution >= 4 is 10.2 Å². The Hall–Kier alpha value is 0.0569. The molecule has 5 heteroatoms. The minimum Gasteiger partial charge on any atom is -0.281 e. The molecule has 32 heavy (non-hydrogen) atoms. The van der Waals surface area contributed by atoms with E-state index in [-0.39, 0.29) is 0 Å². The molecule has 0 atom stereocenters. The van der Waals surface area contributed by atoms with Crippen LogP contribution in [0.2, 0.25) is 6.04 Å². The molecule has 0 aromatic rings. The van der Waals surface area contributed by atoms with Gasteiger partial charge in [-0.15, -0.1) is 0 Å². The van der Waals surface area contributed by atoms with Crippen LogP contribution < -0.4 is 0 Å². The quantitative estimate of drug-likeness (QED) is 0.0593. The summed E-state index contributed by atoms with van der Waals surface area (Å²) in [6.45, 7) is 7.67. The van der Waals surface area contributed by atoms with E-state index >= 15 is 0 Å². The molecule has 0 fully saturated rings. The topological polar surface area (TPSA) is 27.7 Å². The Balaban J connectivity index is 4.90. The van der Waals surface area contributed by atoms with Gasteiger partial charge in [-0.05, 0) is 32.1 Å². The number of hydrogen-bond acceptors (Lipinski definition) is 3. The number of hydrogen-bond donors (Lipinski definition) is 0. The van der Waals surface area contributed by atoms with Gasteiger partial charge in [-0.3, -0.25) is 14.2 Å². The lowest BCUT2D eigenvalue weighted by molar-refractivity contribution is -1.05. The van der Waals surface area contributed by atoms with Crippen LogP contribution in [0.5, 0.6) is 0 Å². The average molecular weight is 472 g/mol. The smallest absolute Gasteiger partial charge is 0.281 e. The SMILES string of the molecule is CCCCCCCCCC[N+](CCC[Si])(CCCCCCCCCC)C(OC)(OC)OC. The average Bonchev–Trinajstić information content (AvgIpc) is 2.82. The molecule has 0 spiro atoms. The number of methoxy groups -OCH3 is 3. The third-order valence-corrected chi connectivity index (χ3v) is 7.35. The molecule has 4 nitrogen and oxygen atoms in total. The number of nitrogens with zero attached hydrogens (tertiary/aromatic N) is 1. The molecule has 0 amide bonds. The largest absolute Gasteiger partial charge is 0.448 e. The molecule has 0 aliphatic heterocycles. The molecule has 3 radical (unpaired) electrons. The standard InChI is InChI=1S/C27H57NO3Si/c1-6-8-10-12-14-16-18-20-23-28(25-22-26-32,27(29-3,30-4)31-5)24-21-19-17-15-13-11-9-7-2/h6-26H2,1-5H3/q+1. The van der Waals surface area contributed by atoms with Crippen LogP contribution in [-0.2, 0) is 14.2 Å². The Bertz CT molecular complexity index is 363. The van der Waals surface area contributed by atoms with Crippen LogP contribution in [0.15, 0.2) is 0 Å². The molecule has 0 aliphatic rings. The highest BCUT2D eigenvalue weighted by atomic mass is 28.1. The highest BCUT2D eigenvalue weighted by molar-refractivity contribution is 6.08. The van der Waals surface area contributed by atoms with Gasteiger partial charge in [0.05, 0.1) is 19.6 Å². The fourth-order valence-corrected chi connectivity index (χ4v) is 5.21. The molecule has 0 rings (SSSR count). The van der Waals surface area contributed by atoms with E-state index < -0.39 is 6.10 Å². The minimum absolute atomic E-state index is 0.743. The van der Waals surface area contributed by atoms with Crippen molar-refractivity contribution in [2.75, 3.05) is 41.0 Å². The monoisotopic (exact) mass is 471 g/mol. The zero-order valence-electron chi connectivity index (χ0n) is 22.5. The lowest BCUT2D eigenvalue weighted by Crippen LogP contribution is -2.68. The van der Waals surface area contributed by atoms with Gasteiger partial charge in [0.25, 0.3) is 0 Å². The van der Waals surface area contributed by atoms with Gasteiger partial charge in [-0.25, -0.2) is 4.48 Å². The molecule has 0 saturated heterocycles. The van der Waals surface area contributed by atoms with Crippen LogP contribution in [0.3, 0.4) is 0 Å². The molecule has 0 aliphatic carbocycles. The first-order valence-electron chi connectivity index (χ1n) is 13.8. The van der Waals surface area contributed by atoms with Crippen LogP contribution in [-0.4, -0.2) is 61.8 Å². The second kappa shape index (κ2) is 21.6. The fourth-order valence-electron chi connectivity index (χ4n) is 5.06. The van der Waals surface area contributed by atoms with Crippen molar-refractivity contribution in [3.63, 3.8) is 0 Å². The van der Waals surface area contributed by atoms with Crippen LogP contribution in [0, 0.1) is 0 Å². The zero-order chi connectivity index (χ0) is 24.0. The van der Waals surface area contributed by atoms with Gasteiger partial charge in [0.2, 0.25) is 0 Å². The molecular formula is C27H57NO3Si+. The van der Waals surface area contributed by atoms with E-state index in [1.54, 1.807) is 21.3 Å². The van der Waals surface area contributed by atoms with E-state index in [1.807, 2.05) is 0 Å². The molecule has 0 saturated carbocycles. The number of quaternary nitrogens is 1. The predicted molar refractivity (Wildman–Crippen MR) is 139 cm³/mol.